The Morgan fingerprint density at radius 1 is 1.56 bits per heavy atom. The quantitative estimate of drug-likeness (QED) is 0.634. The van der Waals surface area contributed by atoms with E-state index < -0.39 is 0 Å². The summed E-state index contributed by atoms with van der Waals surface area (Å²) < 4.78 is 0. The van der Waals surface area contributed by atoms with Gasteiger partial charge >= 0.3 is 0 Å². The lowest BCUT2D eigenvalue weighted by Gasteiger charge is -2.13. The van der Waals surface area contributed by atoms with Gasteiger partial charge in [-0.2, -0.15) is 0 Å². The van der Waals surface area contributed by atoms with Gasteiger partial charge in [-0.05, 0) is 12.5 Å². The molecular formula is C13H20N2O2S. The third kappa shape index (κ3) is 4.98. The monoisotopic (exact) mass is 268 g/mol. The van der Waals surface area contributed by atoms with Crippen LogP contribution in [-0.4, -0.2) is 29.1 Å². The topological polar surface area (TPSA) is 62.2 Å². The van der Waals surface area contributed by atoms with Crippen LogP contribution in [0.4, 0.5) is 0 Å². The van der Waals surface area contributed by atoms with Crippen molar-refractivity contribution in [1.29, 1.82) is 0 Å². The molecule has 0 aliphatic carbocycles. The summed E-state index contributed by atoms with van der Waals surface area (Å²) >= 11 is 1.59. The van der Waals surface area contributed by atoms with Gasteiger partial charge in [0.1, 0.15) is 0 Å². The first kappa shape index (κ1) is 14.9. The summed E-state index contributed by atoms with van der Waals surface area (Å²) in [6, 6.07) is 0. The summed E-state index contributed by atoms with van der Waals surface area (Å²) in [6.07, 6.45) is 5.62. The molecule has 0 saturated carbocycles. The van der Waals surface area contributed by atoms with E-state index in [1.54, 1.807) is 23.6 Å². The maximum Gasteiger partial charge on any atom is 0.244 e. The van der Waals surface area contributed by atoms with E-state index in [1.807, 2.05) is 0 Å². The number of rotatable bonds is 5. The minimum absolute atomic E-state index is 0.0418. The van der Waals surface area contributed by atoms with E-state index in [4.69, 9.17) is 5.11 Å². The first-order valence-corrected chi connectivity index (χ1v) is 6.78. The van der Waals surface area contributed by atoms with Crippen molar-refractivity contribution in [1.82, 2.24) is 10.3 Å². The first-order chi connectivity index (χ1) is 8.43. The lowest BCUT2D eigenvalue weighted by molar-refractivity contribution is -0.116. The predicted molar refractivity (Wildman–Crippen MR) is 74.6 cm³/mol. The molecule has 0 saturated heterocycles. The Labute approximate surface area is 112 Å². The molecular weight excluding hydrogens is 248 g/mol. The Bertz CT molecular complexity index is 419. The molecule has 0 fully saturated rings. The van der Waals surface area contributed by atoms with Crippen LogP contribution < -0.4 is 5.32 Å². The number of nitrogens with one attached hydrogen (secondary N) is 1. The molecule has 1 heterocycles. The van der Waals surface area contributed by atoms with Crippen molar-refractivity contribution < 1.29 is 9.90 Å². The number of carbonyl (C=O) groups is 1. The molecule has 0 aliphatic rings. The van der Waals surface area contributed by atoms with Crippen molar-refractivity contribution >= 4 is 23.3 Å². The van der Waals surface area contributed by atoms with Crippen molar-refractivity contribution in [2.75, 3.05) is 13.2 Å². The van der Waals surface area contributed by atoms with Crippen LogP contribution in [0.2, 0.25) is 0 Å². The van der Waals surface area contributed by atoms with Gasteiger partial charge in [0.15, 0.2) is 0 Å². The summed E-state index contributed by atoms with van der Waals surface area (Å²) in [4.78, 5) is 16.7. The maximum absolute atomic E-state index is 11.4. The Morgan fingerprint density at radius 2 is 2.28 bits per heavy atom. The number of carbonyl (C=O) groups excluding carboxylic acids is 1. The average molecular weight is 268 g/mol. The molecule has 0 aromatic carbocycles. The van der Waals surface area contributed by atoms with Crippen LogP contribution in [-0.2, 0) is 10.2 Å². The van der Waals surface area contributed by atoms with Gasteiger partial charge in [-0.15, -0.1) is 11.3 Å². The van der Waals surface area contributed by atoms with Gasteiger partial charge in [-0.25, -0.2) is 4.98 Å². The molecule has 5 heteroatoms. The zero-order valence-electron chi connectivity index (χ0n) is 11.1. The van der Waals surface area contributed by atoms with Crippen LogP contribution in [0.15, 0.2) is 12.3 Å². The molecule has 0 unspecified atom stereocenters. The lowest BCUT2D eigenvalue weighted by atomic mass is 9.98. The normalized spacial score (nSPS) is 12.0. The van der Waals surface area contributed by atoms with Gasteiger partial charge in [-0.1, -0.05) is 20.8 Å². The maximum atomic E-state index is 11.4. The summed E-state index contributed by atoms with van der Waals surface area (Å²) in [7, 11) is 0. The van der Waals surface area contributed by atoms with Gasteiger partial charge in [0, 0.05) is 35.7 Å². The Hall–Kier alpha value is -1.20. The number of nitrogens with zero attached hydrogens (tertiary/aromatic N) is 1. The number of aliphatic hydroxyl groups excluding tert-OH is 1. The summed E-state index contributed by atoms with van der Waals surface area (Å²) in [5.41, 5.74) is 0.0418. The second-order valence-electron chi connectivity index (χ2n) is 5.02. The highest BCUT2D eigenvalue weighted by Crippen LogP contribution is 2.27. The zero-order valence-corrected chi connectivity index (χ0v) is 11.9. The average Bonchev–Trinajstić information content (AvgIpc) is 2.75. The fourth-order valence-electron chi connectivity index (χ4n) is 1.22. The fraction of sp³-hybridized carbons (Fsp3) is 0.538. The molecule has 0 atom stereocenters. The lowest BCUT2D eigenvalue weighted by Crippen LogP contribution is -2.22. The van der Waals surface area contributed by atoms with Crippen molar-refractivity contribution in [2.24, 2.45) is 0 Å². The summed E-state index contributed by atoms with van der Waals surface area (Å²) in [5.74, 6) is -0.144. The molecule has 1 aromatic heterocycles. The molecule has 0 spiro atoms. The van der Waals surface area contributed by atoms with E-state index in [2.05, 4.69) is 31.1 Å². The predicted octanol–water partition coefficient (Wildman–Crippen LogP) is 1.95. The van der Waals surface area contributed by atoms with E-state index in [1.165, 1.54) is 6.08 Å². The number of aliphatic hydroxyl groups is 1. The number of aromatic nitrogens is 1. The molecule has 0 bridgehead atoms. The van der Waals surface area contributed by atoms with E-state index in [9.17, 15) is 4.79 Å². The molecule has 18 heavy (non-hydrogen) atoms. The fourth-order valence-corrected chi connectivity index (χ4v) is 2.09. The van der Waals surface area contributed by atoms with Gasteiger partial charge in [0.2, 0.25) is 5.91 Å². The third-order valence-corrected chi connectivity index (χ3v) is 3.59. The third-order valence-electron chi connectivity index (χ3n) is 2.20. The van der Waals surface area contributed by atoms with E-state index in [-0.39, 0.29) is 17.9 Å². The van der Waals surface area contributed by atoms with Gasteiger partial charge in [0.05, 0.1) is 5.01 Å². The van der Waals surface area contributed by atoms with Crippen molar-refractivity contribution in [2.45, 2.75) is 32.6 Å². The van der Waals surface area contributed by atoms with E-state index >= 15 is 0 Å². The van der Waals surface area contributed by atoms with Crippen LogP contribution in [0.1, 0.15) is 37.1 Å². The highest BCUT2D eigenvalue weighted by atomic mass is 32.1. The molecule has 1 amide bonds. The highest BCUT2D eigenvalue weighted by Gasteiger charge is 2.17. The molecule has 1 aromatic rings. The smallest absolute Gasteiger partial charge is 0.244 e. The Balaban J connectivity index is 2.52. The molecule has 4 nitrogen and oxygen atoms in total. The first-order valence-electron chi connectivity index (χ1n) is 5.96. The van der Waals surface area contributed by atoms with E-state index in [0.29, 0.717) is 13.0 Å². The van der Waals surface area contributed by atoms with Gasteiger partial charge < -0.3 is 10.4 Å². The Kier molecular flexibility index (Phi) is 5.50. The molecule has 0 aliphatic heterocycles. The van der Waals surface area contributed by atoms with Crippen LogP contribution >= 0.6 is 11.3 Å². The SMILES string of the molecule is CC(C)(C)c1ncc(/C=C/C(=O)NCCCO)s1. The number of hydrogen-bond donors (Lipinski definition) is 2. The number of hydrogen-bond acceptors (Lipinski definition) is 4. The van der Waals surface area contributed by atoms with Crippen LogP contribution in [0.3, 0.4) is 0 Å². The van der Waals surface area contributed by atoms with Gasteiger partial charge in [0.25, 0.3) is 0 Å². The standard InChI is InChI=1S/C13H20N2O2S/c1-13(2,3)12-15-9-10(18-12)5-6-11(17)14-7-4-8-16/h5-6,9,16H,4,7-8H2,1-3H3,(H,14,17)/b6-5+. The van der Waals surface area contributed by atoms with Crippen molar-refractivity contribution in [3.63, 3.8) is 0 Å². The second-order valence-corrected chi connectivity index (χ2v) is 6.08. The largest absolute Gasteiger partial charge is 0.396 e. The molecule has 100 valence electrons. The molecule has 2 N–H and O–H groups in total. The Morgan fingerprint density at radius 3 is 2.83 bits per heavy atom. The number of amides is 1. The van der Waals surface area contributed by atoms with E-state index in [0.717, 1.165) is 9.88 Å². The minimum atomic E-state index is -0.144. The van der Waals surface area contributed by atoms with Crippen molar-refractivity contribution in [3.8, 4) is 0 Å². The minimum Gasteiger partial charge on any atom is -0.396 e. The second kappa shape index (κ2) is 6.66. The van der Waals surface area contributed by atoms with Crippen LogP contribution in [0, 0.1) is 0 Å². The van der Waals surface area contributed by atoms with Crippen LogP contribution in [0.25, 0.3) is 6.08 Å². The highest BCUT2D eigenvalue weighted by molar-refractivity contribution is 7.12. The summed E-state index contributed by atoms with van der Waals surface area (Å²) in [5, 5.41) is 12.3. The zero-order chi connectivity index (χ0) is 13.6. The van der Waals surface area contributed by atoms with Crippen molar-refractivity contribution in [3.05, 3.63) is 22.2 Å². The summed E-state index contributed by atoms with van der Waals surface area (Å²) in [6.45, 7) is 6.92. The molecule has 0 radical (unpaired) electrons. The molecule has 1 rings (SSSR count). The van der Waals surface area contributed by atoms with Gasteiger partial charge in [-0.3, -0.25) is 4.79 Å². The number of thiazole rings is 1. The van der Waals surface area contributed by atoms with Crippen LogP contribution in [0.5, 0.6) is 0 Å².